The van der Waals surface area contributed by atoms with Crippen LogP contribution in [0.2, 0.25) is 0 Å². The van der Waals surface area contributed by atoms with E-state index in [1.165, 1.54) is 29.1 Å². The molecule has 114 valence electrons. The normalized spacial score (nSPS) is 11.3. The molecule has 0 saturated carbocycles. The zero-order chi connectivity index (χ0) is 15.4. The Balaban J connectivity index is 2.33. The van der Waals surface area contributed by atoms with Crippen molar-refractivity contribution in [3.8, 4) is 0 Å². The molecule has 3 heteroatoms. The molecule has 0 aliphatic rings. The smallest absolute Gasteiger partial charge is 0.305 e. The molecule has 2 rings (SSSR count). The Bertz CT molecular complexity index is 625. The first-order valence-electron chi connectivity index (χ1n) is 7.75. The van der Waals surface area contributed by atoms with Crippen LogP contribution in [0.1, 0.15) is 50.7 Å². The van der Waals surface area contributed by atoms with Crippen molar-refractivity contribution in [2.24, 2.45) is 0 Å². The van der Waals surface area contributed by atoms with Crippen LogP contribution in [0.25, 0.3) is 10.9 Å². The summed E-state index contributed by atoms with van der Waals surface area (Å²) in [4.78, 5) is 11.2. The molecule has 0 atom stereocenters. The molecule has 0 amide bonds. The van der Waals surface area contributed by atoms with Crippen LogP contribution in [0.4, 0.5) is 0 Å². The van der Waals surface area contributed by atoms with E-state index in [1.807, 2.05) is 0 Å². The number of esters is 1. The first kappa shape index (κ1) is 15.6. The molecular weight excluding hydrogens is 262 g/mol. The molecule has 0 fully saturated rings. The Morgan fingerprint density at radius 2 is 2.10 bits per heavy atom. The van der Waals surface area contributed by atoms with Crippen molar-refractivity contribution < 1.29 is 9.53 Å². The van der Waals surface area contributed by atoms with Crippen LogP contribution >= 0.6 is 0 Å². The number of hydrogen-bond acceptors (Lipinski definition) is 2. The van der Waals surface area contributed by atoms with Gasteiger partial charge >= 0.3 is 5.97 Å². The van der Waals surface area contributed by atoms with E-state index >= 15 is 0 Å². The number of aromatic nitrogens is 1. The Labute approximate surface area is 126 Å². The third-order valence-corrected chi connectivity index (χ3v) is 4.03. The average Bonchev–Trinajstić information content (AvgIpc) is 2.85. The number of benzene rings is 1. The summed E-state index contributed by atoms with van der Waals surface area (Å²) in [5, 5.41) is 1.40. The Hall–Kier alpha value is -1.77. The fourth-order valence-electron chi connectivity index (χ4n) is 2.90. The number of carbonyl (C=O) groups is 1. The highest BCUT2D eigenvalue weighted by atomic mass is 16.5. The minimum absolute atomic E-state index is 0.134. The maximum absolute atomic E-state index is 11.2. The summed E-state index contributed by atoms with van der Waals surface area (Å²) in [6.45, 7) is 7.53. The van der Waals surface area contributed by atoms with Crippen molar-refractivity contribution in [1.82, 2.24) is 4.57 Å². The minimum Gasteiger partial charge on any atom is -0.469 e. The van der Waals surface area contributed by atoms with Crippen molar-refractivity contribution in [1.29, 1.82) is 0 Å². The quantitative estimate of drug-likeness (QED) is 0.742. The lowest BCUT2D eigenvalue weighted by atomic mass is 9.96. The lowest BCUT2D eigenvalue weighted by Crippen LogP contribution is -2.03. The fourth-order valence-corrected chi connectivity index (χ4v) is 2.90. The van der Waals surface area contributed by atoms with Crippen molar-refractivity contribution in [3.05, 3.63) is 35.5 Å². The van der Waals surface area contributed by atoms with E-state index in [0.29, 0.717) is 12.3 Å². The van der Waals surface area contributed by atoms with Crippen LogP contribution in [0, 0.1) is 0 Å². The molecule has 0 unspecified atom stereocenters. The van der Waals surface area contributed by atoms with Gasteiger partial charge in [0.05, 0.1) is 7.11 Å². The zero-order valence-electron chi connectivity index (χ0n) is 13.5. The number of hydrogen-bond donors (Lipinski definition) is 0. The molecule has 0 spiro atoms. The second-order valence-corrected chi connectivity index (χ2v) is 5.78. The minimum atomic E-state index is -0.134. The van der Waals surface area contributed by atoms with E-state index in [0.717, 1.165) is 19.4 Å². The predicted octanol–water partition coefficient (Wildman–Crippen LogP) is 4.28. The standard InChI is InChI=1S/C18H25NO2/c1-5-14-12-19(11-7-10-17(20)21-4)16-9-6-8-15(13(2)3)18(14)16/h6,8-9,12-13H,5,7,10-11H2,1-4H3. The number of ether oxygens (including phenoxy) is 1. The van der Waals surface area contributed by atoms with E-state index in [4.69, 9.17) is 4.74 Å². The van der Waals surface area contributed by atoms with E-state index in [2.05, 4.69) is 49.7 Å². The van der Waals surface area contributed by atoms with E-state index < -0.39 is 0 Å². The second kappa shape index (κ2) is 6.79. The molecule has 0 radical (unpaired) electrons. The van der Waals surface area contributed by atoms with E-state index in [9.17, 15) is 4.79 Å². The maximum Gasteiger partial charge on any atom is 0.305 e. The highest BCUT2D eigenvalue weighted by Crippen LogP contribution is 2.30. The predicted molar refractivity (Wildman–Crippen MR) is 86.7 cm³/mol. The third-order valence-electron chi connectivity index (χ3n) is 4.03. The van der Waals surface area contributed by atoms with E-state index in [1.54, 1.807) is 0 Å². The molecule has 1 aromatic carbocycles. The average molecular weight is 287 g/mol. The van der Waals surface area contributed by atoms with Crippen LogP contribution in [0.15, 0.2) is 24.4 Å². The molecular formula is C18H25NO2. The van der Waals surface area contributed by atoms with Gasteiger partial charge in [0.15, 0.2) is 0 Å². The second-order valence-electron chi connectivity index (χ2n) is 5.78. The zero-order valence-corrected chi connectivity index (χ0v) is 13.5. The molecule has 0 bridgehead atoms. The molecule has 3 nitrogen and oxygen atoms in total. The summed E-state index contributed by atoms with van der Waals surface area (Å²) in [6, 6.07) is 6.54. The third kappa shape index (κ3) is 3.29. The molecule has 0 aliphatic carbocycles. The Morgan fingerprint density at radius 3 is 2.71 bits per heavy atom. The van der Waals surface area contributed by atoms with Crippen LogP contribution < -0.4 is 0 Å². The Kier molecular flexibility index (Phi) is 5.05. The maximum atomic E-state index is 11.2. The summed E-state index contributed by atoms with van der Waals surface area (Å²) in [5.74, 6) is 0.384. The van der Waals surface area contributed by atoms with Crippen molar-refractivity contribution in [3.63, 3.8) is 0 Å². The van der Waals surface area contributed by atoms with Crippen molar-refractivity contribution in [2.75, 3.05) is 7.11 Å². The van der Waals surface area contributed by atoms with Gasteiger partial charge in [-0.3, -0.25) is 4.79 Å². The molecule has 2 aromatic rings. The van der Waals surface area contributed by atoms with Gasteiger partial charge in [0.2, 0.25) is 0 Å². The van der Waals surface area contributed by atoms with Crippen molar-refractivity contribution in [2.45, 2.75) is 52.5 Å². The van der Waals surface area contributed by atoms with Gasteiger partial charge in [0, 0.05) is 30.1 Å². The largest absolute Gasteiger partial charge is 0.469 e. The van der Waals surface area contributed by atoms with Crippen molar-refractivity contribution >= 4 is 16.9 Å². The van der Waals surface area contributed by atoms with Gasteiger partial charge in [-0.2, -0.15) is 0 Å². The first-order chi connectivity index (χ1) is 10.1. The number of aryl methyl sites for hydroxylation is 2. The van der Waals surface area contributed by atoms with Gasteiger partial charge in [-0.1, -0.05) is 32.9 Å². The van der Waals surface area contributed by atoms with Crippen LogP contribution in [-0.4, -0.2) is 17.6 Å². The fraction of sp³-hybridized carbons (Fsp3) is 0.500. The van der Waals surface area contributed by atoms with Gasteiger partial charge in [-0.05, 0) is 36.0 Å². The SMILES string of the molecule is CCc1cn(CCCC(=O)OC)c2cccc(C(C)C)c12. The Morgan fingerprint density at radius 1 is 1.33 bits per heavy atom. The lowest BCUT2D eigenvalue weighted by molar-refractivity contribution is -0.140. The van der Waals surface area contributed by atoms with Crippen LogP contribution in [0.5, 0.6) is 0 Å². The summed E-state index contributed by atoms with van der Waals surface area (Å²) in [7, 11) is 1.44. The van der Waals surface area contributed by atoms with Gasteiger partial charge in [-0.15, -0.1) is 0 Å². The topological polar surface area (TPSA) is 31.2 Å². The summed E-state index contributed by atoms with van der Waals surface area (Å²) in [6.07, 6.45) is 4.56. The van der Waals surface area contributed by atoms with Crippen LogP contribution in [0.3, 0.4) is 0 Å². The number of nitrogens with zero attached hydrogens (tertiary/aromatic N) is 1. The number of rotatable bonds is 6. The lowest BCUT2D eigenvalue weighted by Gasteiger charge is -2.10. The molecule has 0 N–H and O–H groups in total. The highest BCUT2D eigenvalue weighted by Gasteiger charge is 2.13. The molecule has 1 aromatic heterocycles. The molecule has 0 aliphatic heterocycles. The van der Waals surface area contributed by atoms with Gasteiger partial charge in [0.1, 0.15) is 0 Å². The van der Waals surface area contributed by atoms with Gasteiger partial charge < -0.3 is 9.30 Å². The first-order valence-corrected chi connectivity index (χ1v) is 7.75. The van der Waals surface area contributed by atoms with Crippen LogP contribution in [-0.2, 0) is 22.5 Å². The highest BCUT2D eigenvalue weighted by molar-refractivity contribution is 5.88. The summed E-state index contributed by atoms with van der Waals surface area (Å²) < 4.78 is 6.99. The summed E-state index contributed by atoms with van der Waals surface area (Å²) in [5.41, 5.74) is 4.09. The number of carbonyl (C=O) groups excluding carboxylic acids is 1. The molecule has 21 heavy (non-hydrogen) atoms. The van der Waals surface area contributed by atoms with Gasteiger partial charge in [0.25, 0.3) is 0 Å². The summed E-state index contributed by atoms with van der Waals surface area (Å²) >= 11 is 0. The molecule has 0 saturated heterocycles. The van der Waals surface area contributed by atoms with Gasteiger partial charge in [-0.25, -0.2) is 0 Å². The number of methoxy groups -OCH3 is 1. The molecule has 1 heterocycles. The number of fused-ring (bicyclic) bond motifs is 1. The van der Waals surface area contributed by atoms with E-state index in [-0.39, 0.29) is 5.97 Å². The monoisotopic (exact) mass is 287 g/mol.